The molecule has 4 aliphatic rings. The quantitative estimate of drug-likeness (QED) is 0.639. The summed E-state index contributed by atoms with van der Waals surface area (Å²) in [6, 6.07) is 0. The first kappa shape index (κ1) is 13.9. The van der Waals surface area contributed by atoms with E-state index in [2.05, 4.69) is 34.6 Å². The van der Waals surface area contributed by atoms with E-state index in [9.17, 15) is 4.79 Å². The minimum absolute atomic E-state index is 0.124. The van der Waals surface area contributed by atoms with Crippen LogP contribution in [-0.2, 0) is 4.79 Å². The predicted molar refractivity (Wildman–Crippen MR) is 79.1 cm³/mol. The van der Waals surface area contributed by atoms with E-state index in [-0.39, 0.29) is 16.1 Å². The zero-order valence-electron chi connectivity index (χ0n) is 13.0. The highest BCUT2D eigenvalue weighted by Gasteiger charge is 2.68. The molecule has 0 spiro atoms. The Labute approximate surface area is 122 Å². The molecular formula is C17H27ClO. The summed E-state index contributed by atoms with van der Waals surface area (Å²) in [5, 5.41) is -0.134. The number of halogens is 1. The minimum Gasteiger partial charge on any atom is -0.281 e. The van der Waals surface area contributed by atoms with Gasteiger partial charge in [0.25, 0.3) is 0 Å². The van der Waals surface area contributed by atoms with E-state index in [4.69, 9.17) is 11.6 Å². The summed E-state index contributed by atoms with van der Waals surface area (Å²) in [7, 11) is 0. The van der Waals surface area contributed by atoms with Crippen molar-refractivity contribution < 1.29 is 4.79 Å². The summed E-state index contributed by atoms with van der Waals surface area (Å²) >= 11 is 6.00. The number of carbonyl (C=O) groups excluding carboxylic acids is 1. The van der Waals surface area contributed by atoms with Crippen LogP contribution in [0, 0.1) is 27.1 Å². The summed E-state index contributed by atoms with van der Waals surface area (Å²) in [5.41, 5.74) is 0.990. The lowest BCUT2D eigenvalue weighted by atomic mass is 9.33. The summed E-state index contributed by atoms with van der Waals surface area (Å²) in [6.45, 7) is 11.5. The largest absolute Gasteiger partial charge is 0.281 e. The maximum Gasteiger partial charge on any atom is 0.227 e. The third kappa shape index (κ3) is 1.76. The molecule has 0 aromatic rings. The first-order valence-corrected chi connectivity index (χ1v) is 8.01. The molecule has 4 fully saturated rings. The van der Waals surface area contributed by atoms with E-state index in [0.29, 0.717) is 16.2 Å². The van der Waals surface area contributed by atoms with E-state index < -0.39 is 0 Å². The summed E-state index contributed by atoms with van der Waals surface area (Å²) in [6.07, 6.45) is 7.58. The van der Waals surface area contributed by atoms with E-state index >= 15 is 0 Å². The molecule has 1 nitrogen and oxygen atoms in total. The van der Waals surface area contributed by atoms with Crippen LogP contribution in [0.1, 0.15) is 73.1 Å². The molecule has 0 atom stereocenters. The van der Waals surface area contributed by atoms with Gasteiger partial charge < -0.3 is 0 Å². The molecule has 0 amide bonds. The summed E-state index contributed by atoms with van der Waals surface area (Å²) in [4.78, 5) is 12.1. The van der Waals surface area contributed by atoms with Gasteiger partial charge in [-0.05, 0) is 71.8 Å². The lowest BCUT2D eigenvalue weighted by Gasteiger charge is -2.71. The summed E-state index contributed by atoms with van der Waals surface area (Å²) < 4.78 is 0. The molecule has 2 heteroatoms. The Balaban J connectivity index is 2.12. The molecule has 0 heterocycles. The Kier molecular flexibility index (Phi) is 2.49. The summed E-state index contributed by atoms with van der Waals surface area (Å²) in [5.74, 6) is 0. The molecule has 4 bridgehead atoms. The average molecular weight is 283 g/mol. The molecule has 0 radical (unpaired) electrons. The highest BCUT2D eigenvalue weighted by molar-refractivity contribution is 6.64. The van der Waals surface area contributed by atoms with Gasteiger partial charge in [-0.15, -0.1) is 0 Å². The maximum absolute atomic E-state index is 12.1. The van der Waals surface area contributed by atoms with Crippen molar-refractivity contribution in [3.63, 3.8) is 0 Å². The third-order valence-corrected chi connectivity index (χ3v) is 7.15. The van der Waals surface area contributed by atoms with Crippen molar-refractivity contribution in [2.75, 3.05) is 0 Å². The molecular weight excluding hydrogens is 256 g/mol. The van der Waals surface area contributed by atoms with Crippen molar-refractivity contribution in [1.29, 1.82) is 0 Å². The molecule has 0 aromatic heterocycles. The highest BCUT2D eigenvalue weighted by Crippen LogP contribution is 2.77. The molecule has 0 unspecified atom stereocenters. The van der Waals surface area contributed by atoms with Crippen LogP contribution < -0.4 is 0 Å². The number of carbonyl (C=O) groups is 1. The second-order valence-electron chi connectivity index (χ2n) is 9.67. The molecule has 108 valence electrons. The zero-order valence-corrected chi connectivity index (χ0v) is 13.8. The maximum atomic E-state index is 12.1. The SMILES string of the molecule is CC12CC3(C)CC(C)(C1)CC(C(C)(C)C(=O)Cl)(C2)C3. The van der Waals surface area contributed by atoms with Gasteiger partial charge >= 0.3 is 0 Å². The van der Waals surface area contributed by atoms with Crippen molar-refractivity contribution >= 4 is 16.8 Å². The molecule has 0 saturated heterocycles. The fraction of sp³-hybridized carbons (Fsp3) is 0.941. The Morgan fingerprint density at radius 3 is 1.42 bits per heavy atom. The van der Waals surface area contributed by atoms with E-state index in [0.717, 1.165) is 0 Å². The minimum atomic E-state index is -0.389. The molecule has 4 rings (SSSR count). The lowest BCUT2D eigenvalue weighted by Crippen LogP contribution is -2.63. The molecule has 0 N–H and O–H groups in total. The monoisotopic (exact) mass is 282 g/mol. The van der Waals surface area contributed by atoms with Crippen LogP contribution in [0.15, 0.2) is 0 Å². The van der Waals surface area contributed by atoms with Crippen molar-refractivity contribution in [3.05, 3.63) is 0 Å². The van der Waals surface area contributed by atoms with Crippen LogP contribution in [0.25, 0.3) is 0 Å². The van der Waals surface area contributed by atoms with Crippen LogP contribution >= 0.6 is 11.6 Å². The van der Waals surface area contributed by atoms with E-state index in [1.54, 1.807) is 0 Å². The van der Waals surface area contributed by atoms with Gasteiger partial charge in [0, 0.05) is 5.41 Å². The van der Waals surface area contributed by atoms with Crippen molar-refractivity contribution in [1.82, 2.24) is 0 Å². The number of rotatable bonds is 2. The number of hydrogen-bond acceptors (Lipinski definition) is 1. The van der Waals surface area contributed by atoms with Crippen LogP contribution in [0.5, 0.6) is 0 Å². The van der Waals surface area contributed by atoms with Crippen LogP contribution in [0.3, 0.4) is 0 Å². The van der Waals surface area contributed by atoms with Crippen LogP contribution in [-0.4, -0.2) is 5.24 Å². The highest BCUT2D eigenvalue weighted by atomic mass is 35.5. The van der Waals surface area contributed by atoms with Gasteiger partial charge in [0.1, 0.15) is 0 Å². The molecule has 0 aromatic carbocycles. The topological polar surface area (TPSA) is 17.1 Å². The zero-order chi connectivity index (χ0) is 14.3. The van der Waals surface area contributed by atoms with Crippen LogP contribution in [0.4, 0.5) is 0 Å². The first-order chi connectivity index (χ1) is 8.44. The fourth-order valence-electron chi connectivity index (χ4n) is 7.16. The van der Waals surface area contributed by atoms with Crippen molar-refractivity contribution in [2.45, 2.75) is 73.1 Å². The van der Waals surface area contributed by atoms with Gasteiger partial charge in [-0.1, -0.05) is 34.6 Å². The van der Waals surface area contributed by atoms with Crippen LogP contribution in [0.2, 0.25) is 0 Å². The predicted octanol–water partition coefficient (Wildman–Crippen LogP) is 5.16. The second-order valence-corrected chi connectivity index (χ2v) is 10.0. The van der Waals surface area contributed by atoms with Crippen molar-refractivity contribution in [2.24, 2.45) is 27.1 Å². The smallest absolute Gasteiger partial charge is 0.227 e. The van der Waals surface area contributed by atoms with E-state index in [1.807, 2.05) is 0 Å². The molecule has 0 aliphatic heterocycles. The van der Waals surface area contributed by atoms with Gasteiger partial charge in [0.2, 0.25) is 5.24 Å². The fourth-order valence-corrected chi connectivity index (χ4v) is 7.36. The van der Waals surface area contributed by atoms with Gasteiger partial charge in [-0.25, -0.2) is 0 Å². The molecule has 19 heavy (non-hydrogen) atoms. The molecule has 4 saturated carbocycles. The van der Waals surface area contributed by atoms with Gasteiger partial charge in [-0.2, -0.15) is 0 Å². The van der Waals surface area contributed by atoms with Gasteiger partial charge in [0.15, 0.2) is 0 Å². The van der Waals surface area contributed by atoms with Gasteiger partial charge in [-0.3, -0.25) is 4.79 Å². The first-order valence-electron chi connectivity index (χ1n) is 7.64. The Morgan fingerprint density at radius 1 is 0.842 bits per heavy atom. The Hall–Kier alpha value is -0.0400. The lowest BCUT2D eigenvalue weighted by molar-refractivity contribution is -0.216. The normalized spacial score (nSPS) is 52.5. The molecule has 4 aliphatic carbocycles. The van der Waals surface area contributed by atoms with Crippen molar-refractivity contribution in [3.8, 4) is 0 Å². The Bertz CT molecular complexity index is 397. The Morgan fingerprint density at radius 2 is 1.16 bits per heavy atom. The standard InChI is InChI=1S/C17H27ClO/c1-13(2,12(18)19)17-9-14(3)6-15(4,10-17)8-16(5,7-14)11-17/h6-11H2,1-5H3. The van der Waals surface area contributed by atoms with Gasteiger partial charge in [0.05, 0.1) is 0 Å². The average Bonchev–Trinajstić information content (AvgIpc) is 2.08. The third-order valence-electron chi connectivity index (χ3n) is 6.67. The number of hydrogen-bond donors (Lipinski definition) is 0. The second kappa shape index (κ2) is 3.40. The van der Waals surface area contributed by atoms with E-state index in [1.165, 1.54) is 38.5 Å².